The molecule has 28 heavy (non-hydrogen) atoms. The lowest BCUT2D eigenvalue weighted by atomic mass is 9.89. The van der Waals surface area contributed by atoms with Crippen LogP contribution in [0.4, 0.5) is 0 Å². The number of aryl methyl sites for hydroxylation is 1. The summed E-state index contributed by atoms with van der Waals surface area (Å²) in [5.74, 6) is 0.882. The number of amides is 1. The van der Waals surface area contributed by atoms with Gasteiger partial charge in [-0.2, -0.15) is 0 Å². The van der Waals surface area contributed by atoms with Crippen molar-refractivity contribution < 1.29 is 9.32 Å². The fraction of sp³-hybridized carbons (Fsp3) is 0.476. The maximum Gasteiger partial charge on any atom is 0.270 e. The van der Waals surface area contributed by atoms with Crippen LogP contribution in [0.15, 0.2) is 35.0 Å². The van der Waals surface area contributed by atoms with Crippen LogP contribution >= 0.6 is 0 Å². The number of nitrogens with one attached hydrogen (secondary N) is 2. The molecule has 0 aromatic carbocycles. The van der Waals surface area contributed by atoms with Crippen molar-refractivity contribution in [3.63, 3.8) is 0 Å². The summed E-state index contributed by atoms with van der Waals surface area (Å²) < 4.78 is 5.14. The zero-order chi connectivity index (χ0) is 19.5. The minimum absolute atomic E-state index is 0.0540. The molecule has 2 unspecified atom stereocenters. The number of nitrogens with zero attached hydrogens (tertiary/aromatic N) is 3. The molecule has 4 rings (SSSR count). The van der Waals surface area contributed by atoms with Gasteiger partial charge in [-0.3, -0.25) is 9.78 Å². The van der Waals surface area contributed by atoms with Crippen LogP contribution in [-0.4, -0.2) is 44.6 Å². The van der Waals surface area contributed by atoms with Gasteiger partial charge in [-0.05, 0) is 57.7 Å². The quantitative estimate of drug-likeness (QED) is 0.683. The van der Waals surface area contributed by atoms with Crippen molar-refractivity contribution in [2.75, 3.05) is 6.54 Å². The van der Waals surface area contributed by atoms with Crippen LogP contribution in [0, 0.1) is 6.92 Å². The molecule has 0 spiro atoms. The van der Waals surface area contributed by atoms with Crippen LogP contribution in [0.3, 0.4) is 0 Å². The number of rotatable bonds is 6. The van der Waals surface area contributed by atoms with Crippen LogP contribution in [0.5, 0.6) is 0 Å². The number of aromatic nitrogens is 3. The molecule has 7 nitrogen and oxygen atoms in total. The first kappa shape index (κ1) is 18.7. The van der Waals surface area contributed by atoms with Crippen molar-refractivity contribution in [2.45, 2.75) is 58.2 Å². The lowest BCUT2D eigenvalue weighted by Gasteiger charge is -2.37. The summed E-state index contributed by atoms with van der Waals surface area (Å²) in [4.78, 5) is 22.7. The Balaban J connectivity index is 1.42. The van der Waals surface area contributed by atoms with Gasteiger partial charge >= 0.3 is 0 Å². The van der Waals surface area contributed by atoms with E-state index in [1.54, 1.807) is 6.20 Å². The van der Waals surface area contributed by atoms with Crippen molar-refractivity contribution in [3.8, 4) is 0 Å². The number of pyridine rings is 1. The smallest absolute Gasteiger partial charge is 0.270 e. The van der Waals surface area contributed by atoms with Crippen LogP contribution < -0.4 is 5.32 Å². The summed E-state index contributed by atoms with van der Waals surface area (Å²) in [5, 5.41) is 7.63. The van der Waals surface area contributed by atoms with Gasteiger partial charge in [-0.25, -0.2) is 0 Å². The fourth-order valence-electron chi connectivity index (χ4n) is 4.18. The average Bonchev–Trinajstić information content (AvgIpc) is 3.33. The number of carbonyl (C=O) groups excluding carboxylic acids is 1. The minimum Gasteiger partial charge on any atom is -0.361 e. The molecule has 1 aliphatic carbocycles. The van der Waals surface area contributed by atoms with E-state index in [0.29, 0.717) is 24.8 Å². The maximum atomic E-state index is 13.2. The normalized spacial score (nSPS) is 19.8. The third kappa shape index (κ3) is 3.94. The summed E-state index contributed by atoms with van der Waals surface area (Å²) in [6, 6.07) is 8.24. The molecule has 0 aliphatic heterocycles. The van der Waals surface area contributed by atoms with E-state index in [0.717, 1.165) is 48.2 Å². The molecule has 0 bridgehead atoms. The second-order valence-electron chi connectivity index (χ2n) is 7.54. The zero-order valence-electron chi connectivity index (χ0n) is 16.4. The Labute approximate surface area is 164 Å². The van der Waals surface area contributed by atoms with Crippen LogP contribution in [0.2, 0.25) is 0 Å². The molecule has 0 saturated heterocycles. The van der Waals surface area contributed by atoms with Gasteiger partial charge < -0.3 is 19.7 Å². The number of hydrogen-bond acceptors (Lipinski definition) is 5. The van der Waals surface area contributed by atoms with Gasteiger partial charge in [0, 0.05) is 37.4 Å². The lowest BCUT2D eigenvalue weighted by Crippen LogP contribution is -2.46. The number of aromatic amines is 1. The van der Waals surface area contributed by atoms with Crippen molar-refractivity contribution in [3.05, 3.63) is 47.6 Å². The molecule has 7 heteroatoms. The summed E-state index contributed by atoms with van der Waals surface area (Å²) in [6.45, 7) is 5.34. The molecule has 3 aromatic rings. The second kappa shape index (κ2) is 8.14. The first-order valence-electron chi connectivity index (χ1n) is 10.0. The van der Waals surface area contributed by atoms with E-state index in [1.165, 1.54) is 0 Å². The van der Waals surface area contributed by atoms with Crippen molar-refractivity contribution >= 4 is 16.9 Å². The zero-order valence-corrected chi connectivity index (χ0v) is 16.4. The predicted molar refractivity (Wildman–Crippen MR) is 107 cm³/mol. The van der Waals surface area contributed by atoms with Crippen LogP contribution in [-0.2, 0) is 6.54 Å². The van der Waals surface area contributed by atoms with Gasteiger partial charge in [0.25, 0.3) is 5.91 Å². The predicted octanol–water partition coefficient (Wildman–Crippen LogP) is 3.42. The molecule has 1 fully saturated rings. The van der Waals surface area contributed by atoms with Crippen molar-refractivity contribution in [2.24, 2.45) is 0 Å². The molecule has 2 N–H and O–H groups in total. The SMILES string of the molecule is CCN(C(=O)c1cc2ncccc2[nH]1)C1CCCC(NCc2cc(C)on2)C1. The van der Waals surface area contributed by atoms with E-state index in [9.17, 15) is 4.79 Å². The number of carbonyl (C=O) groups is 1. The molecule has 0 radical (unpaired) electrons. The Morgan fingerprint density at radius 2 is 2.29 bits per heavy atom. The highest BCUT2D eigenvalue weighted by Gasteiger charge is 2.30. The molecule has 2 atom stereocenters. The van der Waals surface area contributed by atoms with Gasteiger partial charge in [0.05, 0.1) is 16.7 Å². The molecule has 3 heterocycles. The van der Waals surface area contributed by atoms with E-state index < -0.39 is 0 Å². The first-order chi connectivity index (χ1) is 13.6. The Morgan fingerprint density at radius 3 is 3.04 bits per heavy atom. The van der Waals surface area contributed by atoms with Gasteiger partial charge in [0.1, 0.15) is 11.5 Å². The second-order valence-corrected chi connectivity index (χ2v) is 7.54. The average molecular weight is 381 g/mol. The monoisotopic (exact) mass is 381 g/mol. The maximum absolute atomic E-state index is 13.2. The van der Waals surface area contributed by atoms with Crippen LogP contribution in [0.1, 0.15) is 54.5 Å². The number of H-pyrrole nitrogens is 1. The van der Waals surface area contributed by atoms with Crippen molar-refractivity contribution in [1.29, 1.82) is 0 Å². The molecule has 3 aromatic heterocycles. The molecule has 1 amide bonds. The van der Waals surface area contributed by atoms with E-state index in [1.807, 2.05) is 43.0 Å². The summed E-state index contributed by atoms with van der Waals surface area (Å²) in [6.07, 6.45) is 5.97. The molecule has 1 aliphatic rings. The largest absolute Gasteiger partial charge is 0.361 e. The molecular weight excluding hydrogens is 354 g/mol. The molecule has 1 saturated carbocycles. The van der Waals surface area contributed by atoms with E-state index in [2.05, 4.69) is 20.4 Å². The number of hydrogen-bond donors (Lipinski definition) is 2. The Hall–Kier alpha value is -2.67. The Kier molecular flexibility index (Phi) is 5.43. The van der Waals surface area contributed by atoms with Gasteiger partial charge in [0.2, 0.25) is 0 Å². The third-order valence-corrected chi connectivity index (χ3v) is 5.56. The number of fused-ring (bicyclic) bond motifs is 1. The van der Waals surface area contributed by atoms with E-state index in [-0.39, 0.29) is 11.9 Å². The molecular formula is C21H27N5O2. The highest BCUT2D eigenvalue weighted by Crippen LogP contribution is 2.25. The highest BCUT2D eigenvalue weighted by atomic mass is 16.5. The van der Waals surface area contributed by atoms with Gasteiger partial charge in [-0.15, -0.1) is 0 Å². The highest BCUT2D eigenvalue weighted by molar-refractivity contribution is 5.97. The van der Waals surface area contributed by atoms with Gasteiger partial charge in [-0.1, -0.05) is 5.16 Å². The summed E-state index contributed by atoms with van der Waals surface area (Å²) >= 11 is 0. The minimum atomic E-state index is 0.0540. The third-order valence-electron chi connectivity index (χ3n) is 5.56. The standard InChI is InChI=1S/C21H27N5O2/c1-3-26(21(27)20-12-19-18(24-20)8-5-9-22-19)17-7-4-6-15(11-17)23-13-16-10-14(2)28-25-16/h5,8-10,12,15,17,23-24H,3-4,6-7,11,13H2,1-2H3. The topological polar surface area (TPSA) is 87.0 Å². The fourth-order valence-corrected chi connectivity index (χ4v) is 4.18. The Bertz CT molecular complexity index is 914. The lowest BCUT2D eigenvalue weighted by molar-refractivity contribution is 0.0623. The summed E-state index contributed by atoms with van der Waals surface area (Å²) in [5.41, 5.74) is 3.26. The first-order valence-corrected chi connectivity index (χ1v) is 10.0. The van der Waals surface area contributed by atoms with Crippen molar-refractivity contribution in [1.82, 2.24) is 25.3 Å². The molecule has 148 valence electrons. The van der Waals surface area contributed by atoms with Crippen LogP contribution in [0.25, 0.3) is 11.0 Å². The Morgan fingerprint density at radius 1 is 1.39 bits per heavy atom. The summed E-state index contributed by atoms with van der Waals surface area (Å²) in [7, 11) is 0. The van der Waals surface area contributed by atoms with Gasteiger partial charge in [0.15, 0.2) is 0 Å². The van der Waals surface area contributed by atoms with E-state index in [4.69, 9.17) is 4.52 Å². The van der Waals surface area contributed by atoms with E-state index >= 15 is 0 Å².